The van der Waals surface area contributed by atoms with Crippen LogP contribution < -0.4 is 0 Å². The number of rotatable bonds is 5. The lowest BCUT2D eigenvalue weighted by Gasteiger charge is -2.31. The molecule has 1 N–H and O–H groups in total. The third-order valence-electron chi connectivity index (χ3n) is 6.46. The second-order valence-corrected chi connectivity index (χ2v) is 8.84. The second-order valence-electron chi connectivity index (χ2n) is 8.84. The zero-order valence-corrected chi connectivity index (χ0v) is 18.7. The quantitative estimate of drug-likeness (QED) is 0.794. The molecule has 1 amide bonds. The van der Waals surface area contributed by atoms with Gasteiger partial charge < -0.3 is 14.6 Å². The summed E-state index contributed by atoms with van der Waals surface area (Å²) in [5, 5.41) is 24.0. The van der Waals surface area contributed by atoms with Crippen LogP contribution in [-0.2, 0) is 31.0 Å². The SMILES string of the molecule is CCn1nc(C)c(CN2C[C@@H](O)C[C@H]2c2nnc3n2CCN(C(=O)C(C)C)C3)c1C. The molecule has 0 unspecified atom stereocenters. The second kappa shape index (κ2) is 8.11. The largest absolute Gasteiger partial charge is 0.392 e. The number of hydrogen-bond donors (Lipinski definition) is 1. The van der Waals surface area contributed by atoms with Gasteiger partial charge in [0.25, 0.3) is 0 Å². The molecular formula is C21H33N7O2. The first-order valence-electron chi connectivity index (χ1n) is 11.0. The number of carbonyl (C=O) groups is 1. The number of fused-ring (bicyclic) bond motifs is 1. The van der Waals surface area contributed by atoms with Crippen molar-refractivity contribution in [3.8, 4) is 0 Å². The van der Waals surface area contributed by atoms with Gasteiger partial charge in [0.15, 0.2) is 11.6 Å². The lowest BCUT2D eigenvalue weighted by Crippen LogP contribution is -2.41. The fourth-order valence-electron chi connectivity index (χ4n) is 4.78. The number of aryl methyl sites for hydroxylation is 2. The van der Waals surface area contributed by atoms with Crippen LogP contribution in [0.3, 0.4) is 0 Å². The van der Waals surface area contributed by atoms with E-state index in [-0.39, 0.29) is 24.0 Å². The van der Waals surface area contributed by atoms with E-state index in [0.29, 0.717) is 32.6 Å². The minimum atomic E-state index is -0.382. The molecule has 0 spiro atoms. The maximum absolute atomic E-state index is 12.4. The first-order valence-corrected chi connectivity index (χ1v) is 11.0. The lowest BCUT2D eigenvalue weighted by molar-refractivity contribution is -0.136. The Morgan fingerprint density at radius 1 is 1.23 bits per heavy atom. The van der Waals surface area contributed by atoms with Crippen molar-refractivity contribution >= 4 is 5.91 Å². The van der Waals surface area contributed by atoms with Gasteiger partial charge >= 0.3 is 0 Å². The van der Waals surface area contributed by atoms with Crippen molar-refractivity contribution in [1.82, 2.24) is 34.3 Å². The number of hydrogen-bond acceptors (Lipinski definition) is 6. The van der Waals surface area contributed by atoms with E-state index in [9.17, 15) is 9.90 Å². The molecule has 0 radical (unpaired) electrons. The van der Waals surface area contributed by atoms with Gasteiger partial charge in [-0.15, -0.1) is 10.2 Å². The standard InChI is InChI=1S/C21H33N7O2/c1-6-28-15(5)17(14(4)24-28)11-26-10-16(29)9-18(26)20-23-22-19-12-25(7-8-27(19)20)21(30)13(2)3/h13,16,18,29H,6-12H2,1-5H3/t16-,18-/m0/s1. The molecule has 0 aliphatic carbocycles. The van der Waals surface area contributed by atoms with Crippen LogP contribution >= 0.6 is 0 Å². The number of aliphatic hydroxyl groups is 1. The van der Waals surface area contributed by atoms with Gasteiger partial charge in [0.05, 0.1) is 24.4 Å². The molecule has 0 saturated carbocycles. The summed E-state index contributed by atoms with van der Waals surface area (Å²) in [7, 11) is 0. The van der Waals surface area contributed by atoms with Crippen molar-refractivity contribution in [3.05, 3.63) is 28.6 Å². The van der Waals surface area contributed by atoms with E-state index >= 15 is 0 Å². The Kier molecular flexibility index (Phi) is 5.67. The normalized spacial score (nSPS) is 22.2. The van der Waals surface area contributed by atoms with Gasteiger partial charge in [0, 0.05) is 49.9 Å². The van der Waals surface area contributed by atoms with Gasteiger partial charge in [-0.3, -0.25) is 14.4 Å². The van der Waals surface area contributed by atoms with Crippen LogP contribution in [0, 0.1) is 19.8 Å². The lowest BCUT2D eigenvalue weighted by atomic mass is 10.1. The van der Waals surface area contributed by atoms with Gasteiger partial charge in [0.2, 0.25) is 5.91 Å². The van der Waals surface area contributed by atoms with Gasteiger partial charge in [0.1, 0.15) is 0 Å². The summed E-state index contributed by atoms with van der Waals surface area (Å²) in [5.74, 6) is 1.87. The van der Waals surface area contributed by atoms with Crippen molar-refractivity contribution in [2.45, 2.75) is 79.4 Å². The summed E-state index contributed by atoms with van der Waals surface area (Å²) in [6, 6.07) is 0.0115. The molecule has 0 bridgehead atoms. The molecule has 2 aromatic rings. The zero-order chi connectivity index (χ0) is 21.6. The number of aliphatic hydroxyl groups excluding tert-OH is 1. The molecular weight excluding hydrogens is 382 g/mol. The highest BCUT2D eigenvalue weighted by Crippen LogP contribution is 2.34. The Morgan fingerprint density at radius 2 is 2.00 bits per heavy atom. The Morgan fingerprint density at radius 3 is 2.67 bits per heavy atom. The predicted molar refractivity (Wildman–Crippen MR) is 111 cm³/mol. The first-order chi connectivity index (χ1) is 14.3. The number of nitrogens with zero attached hydrogens (tertiary/aromatic N) is 7. The van der Waals surface area contributed by atoms with Crippen molar-refractivity contribution in [2.75, 3.05) is 13.1 Å². The van der Waals surface area contributed by atoms with Gasteiger partial charge in [-0.2, -0.15) is 5.10 Å². The smallest absolute Gasteiger partial charge is 0.225 e. The number of amides is 1. The van der Waals surface area contributed by atoms with E-state index < -0.39 is 0 Å². The highest BCUT2D eigenvalue weighted by molar-refractivity contribution is 5.78. The average molecular weight is 416 g/mol. The van der Waals surface area contributed by atoms with Crippen LogP contribution in [0.5, 0.6) is 0 Å². The molecule has 30 heavy (non-hydrogen) atoms. The highest BCUT2D eigenvalue weighted by atomic mass is 16.3. The van der Waals surface area contributed by atoms with E-state index in [1.54, 1.807) is 0 Å². The van der Waals surface area contributed by atoms with Crippen LogP contribution in [-0.4, -0.2) is 64.6 Å². The van der Waals surface area contributed by atoms with Crippen LogP contribution in [0.2, 0.25) is 0 Å². The molecule has 4 heterocycles. The molecule has 164 valence electrons. The minimum Gasteiger partial charge on any atom is -0.392 e. The molecule has 2 aliphatic heterocycles. The Bertz CT molecular complexity index is 932. The third kappa shape index (κ3) is 3.65. The Balaban J connectivity index is 1.57. The third-order valence-corrected chi connectivity index (χ3v) is 6.46. The fourth-order valence-corrected chi connectivity index (χ4v) is 4.78. The average Bonchev–Trinajstić information content (AvgIpc) is 3.37. The molecule has 1 saturated heterocycles. The van der Waals surface area contributed by atoms with E-state index in [0.717, 1.165) is 30.4 Å². The summed E-state index contributed by atoms with van der Waals surface area (Å²) in [5.41, 5.74) is 3.45. The molecule has 9 nitrogen and oxygen atoms in total. The monoisotopic (exact) mass is 415 g/mol. The highest BCUT2D eigenvalue weighted by Gasteiger charge is 2.38. The molecule has 2 aromatic heterocycles. The van der Waals surface area contributed by atoms with Crippen LogP contribution in [0.1, 0.15) is 61.8 Å². The van der Waals surface area contributed by atoms with Gasteiger partial charge in [-0.05, 0) is 27.2 Å². The molecule has 1 fully saturated rings. The summed E-state index contributed by atoms with van der Waals surface area (Å²) in [6.07, 6.45) is 0.264. The zero-order valence-electron chi connectivity index (χ0n) is 18.7. The molecule has 4 rings (SSSR count). The van der Waals surface area contributed by atoms with Crippen molar-refractivity contribution < 1.29 is 9.90 Å². The van der Waals surface area contributed by atoms with Crippen LogP contribution in [0.15, 0.2) is 0 Å². The van der Waals surface area contributed by atoms with E-state index in [1.807, 2.05) is 23.4 Å². The maximum atomic E-state index is 12.4. The summed E-state index contributed by atoms with van der Waals surface area (Å²) < 4.78 is 4.18. The topological polar surface area (TPSA) is 92.3 Å². The van der Waals surface area contributed by atoms with Crippen molar-refractivity contribution in [1.29, 1.82) is 0 Å². The van der Waals surface area contributed by atoms with Crippen molar-refractivity contribution in [2.24, 2.45) is 5.92 Å². The number of likely N-dealkylation sites (tertiary alicyclic amines) is 1. The molecule has 0 aromatic carbocycles. The van der Waals surface area contributed by atoms with Gasteiger partial charge in [-0.25, -0.2) is 0 Å². The summed E-state index contributed by atoms with van der Waals surface area (Å²) >= 11 is 0. The van der Waals surface area contributed by atoms with Gasteiger partial charge in [-0.1, -0.05) is 13.8 Å². The van der Waals surface area contributed by atoms with Crippen LogP contribution in [0.25, 0.3) is 0 Å². The molecule has 2 aliphatic rings. The minimum absolute atomic E-state index is 0.0115. The molecule has 2 atom stereocenters. The Hall–Kier alpha value is -2.26. The summed E-state index contributed by atoms with van der Waals surface area (Å²) in [4.78, 5) is 16.5. The molecule has 9 heteroatoms. The van der Waals surface area contributed by atoms with Crippen molar-refractivity contribution in [3.63, 3.8) is 0 Å². The number of β-amino-alcohol motifs (C(OH)–C–C–N with tert-alkyl or cyclic N) is 1. The van der Waals surface area contributed by atoms with E-state index in [4.69, 9.17) is 0 Å². The fraction of sp³-hybridized carbons (Fsp3) is 0.714. The summed E-state index contributed by atoms with van der Waals surface area (Å²) in [6.45, 7) is 14.2. The number of aromatic nitrogens is 5. The van der Waals surface area contributed by atoms with E-state index in [2.05, 4.69) is 45.5 Å². The van der Waals surface area contributed by atoms with Crippen LogP contribution in [0.4, 0.5) is 0 Å². The first kappa shape index (κ1) is 21.0. The van der Waals surface area contributed by atoms with E-state index in [1.165, 1.54) is 11.3 Å². The number of carbonyl (C=O) groups excluding carboxylic acids is 1. The maximum Gasteiger partial charge on any atom is 0.225 e. The Labute approximate surface area is 177 Å². The predicted octanol–water partition coefficient (Wildman–Crippen LogP) is 1.42.